The molecular formula is C19H14N2O8. The van der Waals surface area contributed by atoms with E-state index in [0.717, 1.165) is 12.1 Å². The lowest BCUT2D eigenvalue weighted by molar-refractivity contribution is -0.384. The smallest absolute Gasteiger partial charge is 0.374 e. The second kappa shape index (κ2) is 8.21. The lowest BCUT2D eigenvalue weighted by Crippen LogP contribution is -2.22. The van der Waals surface area contributed by atoms with Gasteiger partial charge in [0.2, 0.25) is 5.76 Å². The van der Waals surface area contributed by atoms with Crippen molar-refractivity contribution in [2.75, 3.05) is 19.0 Å². The minimum absolute atomic E-state index is 0.0888. The van der Waals surface area contributed by atoms with Gasteiger partial charge in [-0.05, 0) is 24.3 Å². The number of hydrogen-bond donors (Lipinski definition) is 1. The van der Waals surface area contributed by atoms with Crippen LogP contribution in [-0.2, 0) is 9.53 Å². The number of ether oxygens (including phenoxy) is 2. The lowest BCUT2D eigenvalue weighted by atomic mass is 10.2. The molecule has 0 spiro atoms. The first-order chi connectivity index (χ1) is 13.9. The highest BCUT2D eigenvalue weighted by Gasteiger charge is 2.19. The molecule has 1 N–H and O–H groups in total. The monoisotopic (exact) mass is 398 g/mol. The van der Waals surface area contributed by atoms with E-state index in [1.54, 1.807) is 18.2 Å². The van der Waals surface area contributed by atoms with E-state index >= 15 is 0 Å². The number of anilines is 1. The average molecular weight is 398 g/mol. The molecule has 0 unspecified atom stereocenters. The van der Waals surface area contributed by atoms with Crippen LogP contribution in [0.1, 0.15) is 10.6 Å². The number of carbonyl (C=O) groups excluding carboxylic acids is 2. The molecule has 0 aliphatic heterocycles. The van der Waals surface area contributed by atoms with Crippen molar-refractivity contribution in [3.05, 3.63) is 74.6 Å². The number of nitro benzene ring substituents is 1. The molecule has 0 atom stereocenters. The van der Waals surface area contributed by atoms with E-state index in [9.17, 15) is 24.5 Å². The molecule has 2 aromatic carbocycles. The third kappa shape index (κ3) is 4.38. The molecular weight excluding hydrogens is 384 g/mol. The number of esters is 1. The van der Waals surface area contributed by atoms with Gasteiger partial charge in [0.05, 0.1) is 23.5 Å². The summed E-state index contributed by atoms with van der Waals surface area (Å²) in [4.78, 5) is 46.6. The summed E-state index contributed by atoms with van der Waals surface area (Å²) in [7, 11) is 1.35. The maximum Gasteiger partial charge on any atom is 0.374 e. The van der Waals surface area contributed by atoms with Gasteiger partial charge in [-0.2, -0.15) is 0 Å². The lowest BCUT2D eigenvalue weighted by Gasteiger charge is -2.08. The summed E-state index contributed by atoms with van der Waals surface area (Å²) >= 11 is 0. The van der Waals surface area contributed by atoms with Crippen molar-refractivity contribution in [3.63, 3.8) is 0 Å². The van der Waals surface area contributed by atoms with Crippen molar-refractivity contribution < 1.29 is 28.4 Å². The predicted octanol–water partition coefficient (Wildman–Crippen LogP) is 2.51. The Morgan fingerprint density at radius 3 is 2.66 bits per heavy atom. The van der Waals surface area contributed by atoms with E-state index in [2.05, 4.69) is 5.32 Å². The van der Waals surface area contributed by atoms with Crippen LogP contribution in [0.3, 0.4) is 0 Å². The zero-order valence-corrected chi connectivity index (χ0v) is 15.0. The van der Waals surface area contributed by atoms with Gasteiger partial charge < -0.3 is 19.2 Å². The largest absolute Gasteiger partial charge is 0.496 e. The number of benzene rings is 2. The number of fused-ring (bicyclic) bond motifs is 1. The van der Waals surface area contributed by atoms with Gasteiger partial charge in [-0.15, -0.1) is 0 Å². The van der Waals surface area contributed by atoms with E-state index in [0.29, 0.717) is 5.39 Å². The Morgan fingerprint density at radius 1 is 1.17 bits per heavy atom. The molecule has 0 saturated carbocycles. The van der Waals surface area contributed by atoms with Gasteiger partial charge in [-0.1, -0.05) is 12.1 Å². The number of carbonyl (C=O) groups is 2. The maximum absolute atomic E-state index is 12.1. The summed E-state index contributed by atoms with van der Waals surface area (Å²) in [6, 6.07) is 11.2. The van der Waals surface area contributed by atoms with Crippen LogP contribution in [0, 0.1) is 10.1 Å². The van der Waals surface area contributed by atoms with Crippen molar-refractivity contribution in [3.8, 4) is 5.75 Å². The highest BCUT2D eigenvalue weighted by atomic mass is 16.6. The zero-order chi connectivity index (χ0) is 21.0. The molecule has 1 amide bonds. The minimum atomic E-state index is -1.02. The van der Waals surface area contributed by atoms with E-state index in [1.165, 1.54) is 25.3 Å². The van der Waals surface area contributed by atoms with Crippen LogP contribution in [0.5, 0.6) is 5.75 Å². The van der Waals surface area contributed by atoms with Crippen LogP contribution >= 0.6 is 0 Å². The Morgan fingerprint density at radius 2 is 1.93 bits per heavy atom. The topological polar surface area (TPSA) is 138 Å². The summed E-state index contributed by atoms with van der Waals surface area (Å²) in [5.41, 5.74) is -0.707. The molecule has 1 heterocycles. The molecule has 29 heavy (non-hydrogen) atoms. The first-order valence-electron chi connectivity index (χ1n) is 8.21. The molecule has 3 rings (SSSR count). The molecule has 10 heteroatoms. The van der Waals surface area contributed by atoms with Crippen molar-refractivity contribution in [2.45, 2.75) is 0 Å². The molecule has 0 aliphatic carbocycles. The fraction of sp³-hybridized carbons (Fsp3) is 0.105. The summed E-state index contributed by atoms with van der Waals surface area (Å²) in [5.74, 6) is -1.95. The second-order valence-corrected chi connectivity index (χ2v) is 5.74. The maximum atomic E-state index is 12.1. The number of nitrogens with zero attached hydrogens (tertiary/aromatic N) is 1. The Kier molecular flexibility index (Phi) is 5.54. The van der Waals surface area contributed by atoms with Crippen LogP contribution < -0.4 is 15.5 Å². The zero-order valence-electron chi connectivity index (χ0n) is 15.0. The van der Waals surface area contributed by atoms with Gasteiger partial charge in [0.25, 0.3) is 11.6 Å². The number of rotatable bonds is 6. The molecule has 3 aromatic rings. The Hall–Kier alpha value is -4.21. The summed E-state index contributed by atoms with van der Waals surface area (Å²) in [6.07, 6.45) is 0. The third-order valence-corrected chi connectivity index (χ3v) is 3.85. The van der Waals surface area contributed by atoms with E-state index in [-0.39, 0.29) is 28.5 Å². The highest BCUT2D eigenvalue weighted by molar-refractivity contribution is 5.96. The molecule has 148 valence electrons. The van der Waals surface area contributed by atoms with Gasteiger partial charge in [-0.25, -0.2) is 4.79 Å². The van der Waals surface area contributed by atoms with Crippen LogP contribution in [0.25, 0.3) is 11.0 Å². The quantitative estimate of drug-likeness (QED) is 0.380. The first-order valence-corrected chi connectivity index (χ1v) is 8.21. The Bertz CT molecular complexity index is 1170. The Balaban J connectivity index is 1.69. The van der Waals surface area contributed by atoms with Crippen molar-refractivity contribution in [1.82, 2.24) is 0 Å². The minimum Gasteiger partial charge on any atom is -0.496 e. The second-order valence-electron chi connectivity index (χ2n) is 5.74. The van der Waals surface area contributed by atoms with Crippen molar-refractivity contribution in [2.24, 2.45) is 0 Å². The van der Waals surface area contributed by atoms with Crippen LogP contribution in [0.15, 0.2) is 57.7 Å². The summed E-state index contributed by atoms with van der Waals surface area (Å²) in [5, 5.41) is 13.7. The standard InChI is InChI=1S/C19H14N2O8/c1-27-11-6-7-13(14(8-11)21(25)26)20-18(23)10-28-19(24)17-9-15(22)12-4-2-3-5-16(12)29-17/h2-9H,10H2,1H3,(H,20,23). The average Bonchev–Trinajstić information content (AvgIpc) is 2.72. The van der Waals surface area contributed by atoms with Crippen molar-refractivity contribution >= 4 is 34.2 Å². The number of amides is 1. The van der Waals surface area contributed by atoms with E-state index < -0.39 is 28.8 Å². The number of hydrogen-bond acceptors (Lipinski definition) is 8. The van der Waals surface area contributed by atoms with E-state index in [1.807, 2.05) is 0 Å². The number of nitrogens with one attached hydrogen (secondary N) is 1. The van der Waals surface area contributed by atoms with Crippen molar-refractivity contribution in [1.29, 1.82) is 0 Å². The van der Waals surface area contributed by atoms with Gasteiger partial charge in [-0.3, -0.25) is 19.7 Å². The molecule has 10 nitrogen and oxygen atoms in total. The number of nitro groups is 1. The molecule has 0 aliphatic rings. The molecule has 0 radical (unpaired) electrons. The van der Waals surface area contributed by atoms with Gasteiger partial charge >= 0.3 is 5.97 Å². The van der Waals surface area contributed by atoms with Gasteiger partial charge in [0.15, 0.2) is 12.0 Å². The normalized spacial score (nSPS) is 10.4. The fourth-order valence-electron chi connectivity index (χ4n) is 2.49. The van der Waals surface area contributed by atoms with Crippen LogP contribution in [0.4, 0.5) is 11.4 Å². The SMILES string of the molecule is COc1ccc(NC(=O)COC(=O)c2cc(=O)c3ccccc3o2)c([N+](=O)[O-])c1. The van der Waals surface area contributed by atoms with Gasteiger partial charge in [0.1, 0.15) is 17.0 Å². The van der Waals surface area contributed by atoms with E-state index in [4.69, 9.17) is 13.9 Å². The fourth-order valence-corrected chi connectivity index (χ4v) is 2.49. The third-order valence-electron chi connectivity index (χ3n) is 3.85. The van der Waals surface area contributed by atoms with Crippen LogP contribution in [0.2, 0.25) is 0 Å². The summed E-state index contributed by atoms with van der Waals surface area (Å²) < 4.78 is 15.1. The Labute approximate surface area is 162 Å². The first kappa shape index (κ1) is 19.5. The molecule has 0 fully saturated rings. The predicted molar refractivity (Wildman–Crippen MR) is 101 cm³/mol. The van der Waals surface area contributed by atoms with Gasteiger partial charge in [0, 0.05) is 6.07 Å². The van der Waals surface area contributed by atoms with Crippen LogP contribution in [-0.4, -0.2) is 30.5 Å². The number of para-hydroxylation sites is 1. The summed E-state index contributed by atoms with van der Waals surface area (Å²) in [6.45, 7) is -0.738. The molecule has 0 bridgehead atoms. The highest BCUT2D eigenvalue weighted by Crippen LogP contribution is 2.28. The number of methoxy groups -OCH3 is 1. The molecule has 0 saturated heterocycles. The molecule has 1 aromatic heterocycles.